The number of halogens is 1. The minimum Gasteiger partial charge on any atom is -0.399 e. The highest BCUT2D eigenvalue weighted by Gasteiger charge is 2.35. The zero-order valence-corrected chi connectivity index (χ0v) is 13.4. The molecule has 0 saturated heterocycles. The normalized spacial score (nSPS) is 16.6. The van der Waals surface area contributed by atoms with Gasteiger partial charge >= 0.3 is 0 Å². The van der Waals surface area contributed by atoms with Gasteiger partial charge in [0.2, 0.25) is 5.91 Å². The smallest absolute Gasteiger partial charge is 0.231 e. The van der Waals surface area contributed by atoms with Gasteiger partial charge in [0, 0.05) is 15.1 Å². The van der Waals surface area contributed by atoms with Gasteiger partial charge in [0.1, 0.15) is 5.54 Å². The molecule has 0 bridgehead atoms. The van der Waals surface area contributed by atoms with Gasteiger partial charge in [-0.05, 0) is 59.8 Å². The average Bonchev–Trinajstić information content (AvgIpc) is 2.87. The van der Waals surface area contributed by atoms with Crippen LogP contribution in [0.25, 0.3) is 0 Å². The second kappa shape index (κ2) is 6.51. The van der Waals surface area contributed by atoms with Crippen molar-refractivity contribution >= 4 is 39.3 Å². The van der Waals surface area contributed by atoms with Crippen molar-refractivity contribution in [1.29, 1.82) is 5.26 Å². The van der Waals surface area contributed by atoms with Crippen LogP contribution in [-0.4, -0.2) is 17.2 Å². The van der Waals surface area contributed by atoms with Crippen molar-refractivity contribution in [2.24, 2.45) is 0 Å². The molecule has 0 heterocycles. The number of thioether (sulfide) groups is 1. The van der Waals surface area contributed by atoms with E-state index in [9.17, 15) is 10.1 Å². The maximum atomic E-state index is 12.0. The molecule has 1 aromatic rings. The van der Waals surface area contributed by atoms with Crippen LogP contribution in [-0.2, 0) is 4.79 Å². The Labute approximate surface area is 131 Å². The van der Waals surface area contributed by atoms with Crippen molar-refractivity contribution in [1.82, 2.24) is 5.32 Å². The Morgan fingerprint density at radius 3 is 2.80 bits per heavy atom. The maximum absolute atomic E-state index is 12.0. The molecule has 6 heteroatoms. The quantitative estimate of drug-likeness (QED) is 0.643. The van der Waals surface area contributed by atoms with Gasteiger partial charge in [-0.25, -0.2) is 0 Å². The lowest BCUT2D eigenvalue weighted by Crippen LogP contribution is -2.45. The van der Waals surface area contributed by atoms with E-state index in [4.69, 9.17) is 5.73 Å². The van der Waals surface area contributed by atoms with Gasteiger partial charge in [-0.2, -0.15) is 5.26 Å². The van der Waals surface area contributed by atoms with Crippen LogP contribution >= 0.6 is 27.7 Å². The third-order valence-electron chi connectivity index (χ3n) is 3.36. The van der Waals surface area contributed by atoms with Crippen LogP contribution in [0.5, 0.6) is 0 Å². The molecule has 0 aromatic heterocycles. The molecular weight excluding hydrogens is 338 g/mol. The van der Waals surface area contributed by atoms with Crippen molar-refractivity contribution in [2.45, 2.75) is 36.1 Å². The number of carbonyl (C=O) groups is 1. The van der Waals surface area contributed by atoms with Gasteiger partial charge in [-0.3, -0.25) is 4.79 Å². The molecule has 4 nitrogen and oxygen atoms in total. The first-order valence-corrected chi connectivity index (χ1v) is 8.23. The highest BCUT2D eigenvalue weighted by atomic mass is 79.9. The lowest BCUT2D eigenvalue weighted by Gasteiger charge is -2.21. The highest BCUT2D eigenvalue weighted by molar-refractivity contribution is 9.10. The second-order valence-electron chi connectivity index (χ2n) is 4.93. The Morgan fingerprint density at radius 2 is 2.20 bits per heavy atom. The number of nitrogen functional groups attached to an aromatic ring is 1. The van der Waals surface area contributed by atoms with E-state index in [-0.39, 0.29) is 5.91 Å². The fraction of sp³-hybridized carbons (Fsp3) is 0.429. The van der Waals surface area contributed by atoms with Crippen LogP contribution < -0.4 is 11.1 Å². The summed E-state index contributed by atoms with van der Waals surface area (Å²) >= 11 is 4.86. The Morgan fingerprint density at radius 1 is 1.50 bits per heavy atom. The van der Waals surface area contributed by atoms with Crippen LogP contribution in [0, 0.1) is 11.3 Å². The number of amides is 1. The number of nitrogens with two attached hydrogens (primary N) is 1. The molecule has 0 unspecified atom stereocenters. The maximum Gasteiger partial charge on any atom is 0.231 e. The zero-order chi connectivity index (χ0) is 14.6. The van der Waals surface area contributed by atoms with Crippen molar-refractivity contribution in [3.05, 3.63) is 22.7 Å². The summed E-state index contributed by atoms with van der Waals surface area (Å²) in [4.78, 5) is 13.0. The van der Waals surface area contributed by atoms with Gasteiger partial charge < -0.3 is 11.1 Å². The number of hydrogen-bond acceptors (Lipinski definition) is 4. The molecule has 2 rings (SSSR count). The number of hydrogen-bond donors (Lipinski definition) is 2. The summed E-state index contributed by atoms with van der Waals surface area (Å²) in [6, 6.07) is 7.76. The number of nitriles is 1. The standard InChI is InChI=1S/C14H16BrN3OS/c15-11-7-10(17)3-4-12(11)20-8-13(19)18-14(9-16)5-1-2-6-14/h3-4,7H,1-2,5-6,8,17H2,(H,18,19). The summed E-state index contributed by atoms with van der Waals surface area (Å²) < 4.78 is 0.881. The molecule has 1 aliphatic rings. The predicted octanol–water partition coefficient (Wildman–Crippen LogP) is 3.08. The van der Waals surface area contributed by atoms with Crippen LogP contribution in [0.2, 0.25) is 0 Å². The van der Waals surface area contributed by atoms with Crippen LogP contribution in [0.4, 0.5) is 5.69 Å². The molecule has 0 radical (unpaired) electrons. The topological polar surface area (TPSA) is 78.9 Å². The zero-order valence-electron chi connectivity index (χ0n) is 11.0. The second-order valence-corrected chi connectivity index (χ2v) is 6.80. The molecule has 1 aliphatic carbocycles. The van der Waals surface area contributed by atoms with E-state index in [0.29, 0.717) is 11.4 Å². The minimum absolute atomic E-state index is 0.0952. The monoisotopic (exact) mass is 353 g/mol. The average molecular weight is 354 g/mol. The third-order valence-corrected chi connectivity index (χ3v) is 5.36. The van der Waals surface area contributed by atoms with E-state index in [1.54, 1.807) is 6.07 Å². The number of nitrogens with one attached hydrogen (secondary N) is 1. The predicted molar refractivity (Wildman–Crippen MR) is 84.2 cm³/mol. The Hall–Kier alpha value is -1.19. The molecule has 3 N–H and O–H groups in total. The lowest BCUT2D eigenvalue weighted by molar-refractivity contribution is -0.119. The van der Waals surface area contributed by atoms with Crippen LogP contribution in [0.3, 0.4) is 0 Å². The summed E-state index contributed by atoms with van der Waals surface area (Å²) in [6.45, 7) is 0. The molecule has 1 aromatic carbocycles. The molecule has 0 aliphatic heterocycles. The number of benzene rings is 1. The fourth-order valence-corrected chi connectivity index (χ4v) is 3.78. The van der Waals surface area contributed by atoms with Crippen molar-refractivity contribution in [3.8, 4) is 6.07 Å². The summed E-state index contributed by atoms with van der Waals surface area (Å²) in [7, 11) is 0. The molecule has 1 saturated carbocycles. The first-order chi connectivity index (χ1) is 9.54. The first-order valence-electron chi connectivity index (χ1n) is 6.45. The SMILES string of the molecule is N#CC1(NC(=O)CSc2ccc(N)cc2Br)CCCC1. The Kier molecular flexibility index (Phi) is 4.95. The van der Waals surface area contributed by atoms with E-state index >= 15 is 0 Å². The fourth-order valence-electron chi connectivity index (χ4n) is 2.32. The summed E-state index contributed by atoms with van der Waals surface area (Å²) in [5.41, 5.74) is 5.71. The molecule has 0 spiro atoms. The van der Waals surface area contributed by atoms with Gasteiger partial charge in [0.25, 0.3) is 0 Å². The summed E-state index contributed by atoms with van der Waals surface area (Å²) in [6.07, 6.45) is 3.52. The van der Waals surface area contributed by atoms with Crippen LogP contribution in [0.1, 0.15) is 25.7 Å². The Balaban J connectivity index is 1.91. The molecular formula is C14H16BrN3OS. The van der Waals surface area contributed by atoms with E-state index < -0.39 is 5.54 Å². The van der Waals surface area contributed by atoms with Gasteiger partial charge in [0.05, 0.1) is 11.8 Å². The van der Waals surface area contributed by atoms with E-state index in [1.807, 2.05) is 12.1 Å². The van der Waals surface area contributed by atoms with E-state index in [1.165, 1.54) is 11.8 Å². The number of anilines is 1. The molecule has 20 heavy (non-hydrogen) atoms. The van der Waals surface area contributed by atoms with Crippen LogP contribution in [0.15, 0.2) is 27.6 Å². The lowest BCUT2D eigenvalue weighted by atomic mass is 10.0. The van der Waals surface area contributed by atoms with Gasteiger partial charge in [-0.1, -0.05) is 0 Å². The van der Waals surface area contributed by atoms with Crippen molar-refractivity contribution < 1.29 is 4.79 Å². The molecule has 1 amide bonds. The largest absolute Gasteiger partial charge is 0.399 e. The molecule has 0 atom stereocenters. The van der Waals surface area contributed by atoms with Gasteiger partial charge in [0.15, 0.2) is 0 Å². The van der Waals surface area contributed by atoms with Gasteiger partial charge in [-0.15, -0.1) is 11.8 Å². The van der Waals surface area contributed by atoms with Crippen molar-refractivity contribution in [3.63, 3.8) is 0 Å². The summed E-state index contributed by atoms with van der Waals surface area (Å²) in [5.74, 6) is 0.202. The number of carbonyl (C=O) groups excluding carboxylic acids is 1. The Bertz CT molecular complexity index is 550. The number of nitrogens with zero attached hydrogens (tertiary/aromatic N) is 1. The molecule has 106 valence electrons. The molecule has 1 fully saturated rings. The summed E-state index contributed by atoms with van der Waals surface area (Å²) in [5, 5.41) is 12.1. The first kappa shape index (κ1) is 15.2. The minimum atomic E-state index is -0.643. The van der Waals surface area contributed by atoms with E-state index in [0.717, 1.165) is 35.1 Å². The number of rotatable bonds is 4. The third kappa shape index (κ3) is 3.68. The van der Waals surface area contributed by atoms with E-state index in [2.05, 4.69) is 27.3 Å². The highest BCUT2D eigenvalue weighted by Crippen LogP contribution is 2.31. The van der Waals surface area contributed by atoms with Crippen molar-refractivity contribution in [2.75, 3.05) is 11.5 Å².